The Balaban J connectivity index is 1.46. The van der Waals surface area contributed by atoms with Gasteiger partial charge in [-0.1, -0.05) is 78.9 Å². The lowest BCUT2D eigenvalue weighted by atomic mass is 9.80. The Morgan fingerprint density at radius 2 is 1.87 bits per heavy atom. The fraction of sp³-hybridized carbons (Fsp3) is 0.320. The quantitative estimate of drug-likeness (QED) is 0.407. The Hall–Kier alpha value is -2.86. The van der Waals surface area contributed by atoms with E-state index in [9.17, 15) is 0 Å². The number of rotatable bonds is 4. The molecule has 0 saturated carbocycles. The molecule has 0 fully saturated rings. The molecule has 3 atom stereocenters. The molecule has 5 rings (SSSR count). The molecule has 1 aliphatic heterocycles. The summed E-state index contributed by atoms with van der Waals surface area (Å²) in [5.41, 5.74) is 5.39. The van der Waals surface area contributed by atoms with E-state index >= 15 is 0 Å². The Morgan fingerprint density at radius 3 is 2.71 bits per heavy atom. The molecule has 158 valence electrons. The number of fused-ring (bicyclic) bond motifs is 3. The second-order valence-electron chi connectivity index (χ2n) is 8.38. The molecule has 0 radical (unpaired) electrons. The number of ether oxygens (including phenoxy) is 1. The number of para-hydroxylation sites is 1. The van der Waals surface area contributed by atoms with Gasteiger partial charge in [0.25, 0.3) is 0 Å². The van der Waals surface area contributed by atoms with Crippen LogP contribution in [0, 0.1) is 11.8 Å². The van der Waals surface area contributed by atoms with E-state index in [2.05, 4.69) is 59.7 Å². The van der Waals surface area contributed by atoms with Gasteiger partial charge in [0, 0.05) is 22.9 Å². The van der Waals surface area contributed by atoms with Crippen molar-refractivity contribution >= 4 is 17.4 Å². The minimum atomic E-state index is -0.162. The standard InChI is InChI=1S/C25H26N4OS/c1-16-12-13-19(17(2)14-16)23-26-21-11-7-6-10-20(21)22-24(30-23)27-25(29-28-22)31-15-18-8-4-3-5-9-18/h3-12,17,19,23,26H,13-15H2,1-2H3/t17-,19+,23+/m1/s1. The molecule has 1 aromatic heterocycles. The smallest absolute Gasteiger partial charge is 0.247 e. The summed E-state index contributed by atoms with van der Waals surface area (Å²) < 4.78 is 6.51. The monoisotopic (exact) mass is 430 g/mol. The third-order valence-corrected chi connectivity index (χ3v) is 6.98. The minimum absolute atomic E-state index is 0.162. The van der Waals surface area contributed by atoms with Crippen molar-refractivity contribution in [2.75, 3.05) is 5.32 Å². The van der Waals surface area contributed by atoms with Crippen LogP contribution in [0.2, 0.25) is 0 Å². The molecular weight excluding hydrogens is 404 g/mol. The minimum Gasteiger partial charge on any atom is -0.452 e. The Labute approximate surface area is 187 Å². The average Bonchev–Trinajstić information content (AvgIpc) is 2.95. The van der Waals surface area contributed by atoms with E-state index in [1.165, 1.54) is 11.1 Å². The number of anilines is 1. The maximum atomic E-state index is 6.51. The lowest BCUT2D eigenvalue weighted by molar-refractivity contribution is 0.114. The van der Waals surface area contributed by atoms with Gasteiger partial charge in [-0.05, 0) is 37.3 Å². The summed E-state index contributed by atoms with van der Waals surface area (Å²) in [4.78, 5) is 4.78. The van der Waals surface area contributed by atoms with Crippen molar-refractivity contribution in [3.63, 3.8) is 0 Å². The van der Waals surface area contributed by atoms with E-state index in [-0.39, 0.29) is 6.23 Å². The topological polar surface area (TPSA) is 59.9 Å². The SMILES string of the molecule is CC1=CC[C@H]([C@H]2Nc3ccccc3-c3nnc(SCc4ccccc4)nc3O2)[C@H](C)C1. The maximum Gasteiger partial charge on any atom is 0.247 e. The first-order valence-corrected chi connectivity index (χ1v) is 11.8. The molecule has 0 spiro atoms. The fourth-order valence-electron chi connectivity index (χ4n) is 4.38. The van der Waals surface area contributed by atoms with Crippen molar-refractivity contribution < 1.29 is 4.74 Å². The van der Waals surface area contributed by atoms with Gasteiger partial charge in [-0.15, -0.1) is 10.2 Å². The lowest BCUT2D eigenvalue weighted by Crippen LogP contribution is -2.39. The van der Waals surface area contributed by atoms with Gasteiger partial charge in [-0.25, -0.2) is 0 Å². The average molecular weight is 431 g/mol. The van der Waals surface area contributed by atoms with E-state index in [1.807, 2.05) is 30.3 Å². The molecule has 2 heterocycles. The van der Waals surface area contributed by atoms with Gasteiger partial charge < -0.3 is 10.1 Å². The Morgan fingerprint density at radius 1 is 1.06 bits per heavy atom. The molecule has 2 aliphatic rings. The van der Waals surface area contributed by atoms with Crippen LogP contribution in [0.4, 0.5) is 5.69 Å². The third kappa shape index (κ3) is 4.30. The number of nitrogens with zero attached hydrogens (tertiary/aromatic N) is 3. The highest BCUT2D eigenvalue weighted by Crippen LogP contribution is 2.40. The molecule has 2 aromatic carbocycles. The molecule has 1 N–H and O–H groups in total. The van der Waals surface area contributed by atoms with Gasteiger partial charge in [0.1, 0.15) is 0 Å². The zero-order chi connectivity index (χ0) is 21.2. The Kier molecular flexibility index (Phi) is 5.64. The largest absolute Gasteiger partial charge is 0.452 e. The van der Waals surface area contributed by atoms with Crippen LogP contribution in [0.25, 0.3) is 11.3 Å². The highest BCUT2D eigenvalue weighted by molar-refractivity contribution is 7.98. The molecule has 0 unspecified atom stereocenters. The fourth-order valence-corrected chi connectivity index (χ4v) is 5.11. The van der Waals surface area contributed by atoms with Crippen LogP contribution < -0.4 is 10.1 Å². The molecule has 0 saturated heterocycles. The summed E-state index contributed by atoms with van der Waals surface area (Å²) in [5, 5.41) is 13.2. The molecular formula is C25H26N4OS. The van der Waals surface area contributed by atoms with Crippen LogP contribution in [-0.4, -0.2) is 21.4 Å². The summed E-state index contributed by atoms with van der Waals surface area (Å²) in [6, 6.07) is 18.5. The van der Waals surface area contributed by atoms with Crippen molar-refractivity contribution in [1.29, 1.82) is 0 Å². The third-order valence-electron chi connectivity index (χ3n) is 6.07. The van der Waals surface area contributed by atoms with Gasteiger partial charge in [0.05, 0.1) is 0 Å². The molecule has 1 aliphatic carbocycles. The predicted octanol–water partition coefficient (Wildman–Crippen LogP) is 5.95. The maximum absolute atomic E-state index is 6.51. The number of thioether (sulfide) groups is 1. The summed E-state index contributed by atoms with van der Waals surface area (Å²) in [5.74, 6) is 2.24. The normalized spacial score (nSPS) is 22.3. The number of allylic oxidation sites excluding steroid dienone is 2. The highest BCUT2D eigenvalue weighted by Gasteiger charge is 2.34. The molecule has 3 aromatic rings. The van der Waals surface area contributed by atoms with Gasteiger partial charge in [0.15, 0.2) is 11.9 Å². The molecule has 0 amide bonds. The number of aromatic nitrogens is 3. The van der Waals surface area contributed by atoms with Crippen molar-refractivity contribution in [2.45, 2.75) is 43.8 Å². The molecule has 6 heteroatoms. The number of benzene rings is 2. The lowest BCUT2D eigenvalue weighted by Gasteiger charge is -2.34. The summed E-state index contributed by atoms with van der Waals surface area (Å²) >= 11 is 1.58. The van der Waals surface area contributed by atoms with Gasteiger partial charge in [-0.3, -0.25) is 0 Å². The first-order valence-electron chi connectivity index (χ1n) is 10.8. The van der Waals surface area contributed by atoms with Gasteiger partial charge >= 0.3 is 0 Å². The first-order chi connectivity index (χ1) is 15.2. The van der Waals surface area contributed by atoms with Crippen LogP contribution >= 0.6 is 11.8 Å². The first kappa shape index (κ1) is 20.1. The number of nitrogens with one attached hydrogen (secondary N) is 1. The van der Waals surface area contributed by atoms with E-state index < -0.39 is 0 Å². The molecule has 5 nitrogen and oxygen atoms in total. The summed E-state index contributed by atoms with van der Waals surface area (Å²) in [7, 11) is 0. The summed E-state index contributed by atoms with van der Waals surface area (Å²) in [6.45, 7) is 4.52. The summed E-state index contributed by atoms with van der Waals surface area (Å²) in [6.07, 6.45) is 4.27. The molecule has 31 heavy (non-hydrogen) atoms. The van der Waals surface area contributed by atoms with Gasteiger partial charge in [-0.2, -0.15) is 4.98 Å². The second-order valence-corrected chi connectivity index (χ2v) is 9.32. The highest BCUT2D eigenvalue weighted by atomic mass is 32.2. The van der Waals surface area contributed by atoms with E-state index in [0.717, 1.165) is 29.8 Å². The van der Waals surface area contributed by atoms with E-state index in [0.29, 0.717) is 28.6 Å². The van der Waals surface area contributed by atoms with Crippen LogP contribution in [0.15, 0.2) is 71.4 Å². The number of hydrogen-bond donors (Lipinski definition) is 1. The van der Waals surface area contributed by atoms with Crippen LogP contribution in [0.3, 0.4) is 0 Å². The van der Waals surface area contributed by atoms with E-state index in [1.54, 1.807) is 11.8 Å². The number of hydrogen-bond acceptors (Lipinski definition) is 6. The van der Waals surface area contributed by atoms with Crippen LogP contribution in [0.5, 0.6) is 5.88 Å². The zero-order valence-electron chi connectivity index (χ0n) is 17.8. The van der Waals surface area contributed by atoms with E-state index in [4.69, 9.17) is 9.72 Å². The zero-order valence-corrected chi connectivity index (χ0v) is 18.6. The van der Waals surface area contributed by atoms with Crippen molar-refractivity contribution in [1.82, 2.24) is 15.2 Å². The van der Waals surface area contributed by atoms with Crippen LogP contribution in [0.1, 0.15) is 32.3 Å². The second kappa shape index (κ2) is 8.71. The van der Waals surface area contributed by atoms with Gasteiger partial charge in [0.2, 0.25) is 11.0 Å². The molecule has 0 bridgehead atoms. The Bertz CT molecular complexity index is 1100. The van der Waals surface area contributed by atoms with Crippen molar-refractivity contribution in [2.24, 2.45) is 11.8 Å². The van der Waals surface area contributed by atoms with Crippen molar-refractivity contribution in [3.8, 4) is 17.1 Å². The predicted molar refractivity (Wildman–Crippen MR) is 125 cm³/mol. The van der Waals surface area contributed by atoms with Crippen molar-refractivity contribution in [3.05, 3.63) is 71.8 Å². The van der Waals surface area contributed by atoms with Crippen LogP contribution in [-0.2, 0) is 5.75 Å².